The average molecular weight is 410 g/mol. The number of hydrogen-bond donors (Lipinski definition) is 1. The van der Waals surface area contributed by atoms with Gasteiger partial charge in [-0.25, -0.2) is 0 Å². The van der Waals surface area contributed by atoms with Gasteiger partial charge in [-0.15, -0.1) is 0 Å². The third kappa shape index (κ3) is 3.98. The number of methoxy groups -OCH3 is 1. The predicted octanol–water partition coefficient (Wildman–Crippen LogP) is 6.59. The van der Waals surface area contributed by atoms with Crippen LogP contribution in [0.2, 0.25) is 15.1 Å². The molecule has 0 amide bonds. The predicted molar refractivity (Wildman–Crippen MR) is 94.2 cm³/mol. The molecule has 0 saturated carbocycles. The zero-order valence-corrected chi connectivity index (χ0v) is 15.2. The summed E-state index contributed by atoms with van der Waals surface area (Å²) in [4.78, 5) is 0. The quantitative estimate of drug-likeness (QED) is 0.615. The summed E-state index contributed by atoms with van der Waals surface area (Å²) in [7, 11) is 1.63. The third-order valence-electron chi connectivity index (χ3n) is 3.04. The van der Waals surface area contributed by atoms with Gasteiger partial charge in [0.05, 0.1) is 27.3 Å². The van der Waals surface area contributed by atoms with E-state index in [0.29, 0.717) is 20.8 Å². The number of ether oxygens (including phenoxy) is 1. The molecule has 0 saturated heterocycles. The molecule has 1 unspecified atom stereocenters. The van der Waals surface area contributed by atoms with E-state index in [1.54, 1.807) is 19.2 Å². The molecular weight excluding hydrogens is 396 g/mol. The van der Waals surface area contributed by atoms with Crippen molar-refractivity contribution in [2.45, 2.75) is 13.0 Å². The summed E-state index contributed by atoms with van der Waals surface area (Å²) < 4.78 is 6.12. The second kappa shape index (κ2) is 7.10. The number of anilines is 1. The lowest BCUT2D eigenvalue weighted by molar-refractivity contribution is 0.412. The van der Waals surface area contributed by atoms with Gasteiger partial charge in [-0.3, -0.25) is 0 Å². The molecule has 112 valence electrons. The Morgan fingerprint density at radius 3 is 2.24 bits per heavy atom. The second-order valence-electron chi connectivity index (χ2n) is 4.50. The van der Waals surface area contributed by atoms with Gasteiger partial charge in [-0.2, -0.15) is 0 Å². The summed E-state index contributed by atoms with van der Waals surface area (Å²) in [6, 6.07) is 9.22. The first kappa shape index (κ1) is 16.8. The van der Waals surface area contributed by atoms with E-state index < -0.39 is 0 Å². The lowest BCUT2D eigenvalue weighted by atomic mass is 10.1. The van der Waals surface area contributed by atoms with Gasteiger partial charge in [0.2, 0.25) is 0 Å². The molecule has 2 aromatic carbocycles. The van der Waals surface area contributed by atoms with Crippen LogP contribution in [-0.2, 0) is 0 Å². The van der Waals surface area contributed by atoms with Crippen molar-refractivity contribution in [2.75, 3.05) is 12.4 Å². The fourth-order valence-corrected chi connectivity index (χ4v) is 3.42. The van der Waals surface area contributed by atoms with Gasteiger partial charge in [0.25, 0.3) is 0 Å². The highest BCUT2D eigenvalue weighted by Gasteiger charge is 2.13. The van der Waals surface area contributed by atoms with Crippen LogP contribution in [0.15, 0.2) is 34.8 Å². The van der Waals surface area contributed by atoms with Crippen LogP contribution in [0.25, 0.3) is 0 Å². The van der Waals surface area contributed by atoms with Crippen molar-refractivity contribution < 1.29 is 4.74 Å². The van der Waals surface area contributed by atoms with Gasteiger partial charge in [0, 0.05) is 11.1 Å². The minimum absolute atomic E-state index is 0.0170. The van der Waals surface area contributed by atoms with Crippen LogP contribution in [0.5, 0.6) is 5.75 Å². The molecule has 1 atom stereocenters. The number of rotatable bonds is 4. The summed E-state index contributed by atoms with van der Waals surface area (Å²) in [6.45, 7) is 2.02. The van der Waals surface area contributed by atoms with E-state index in [2.05, 4.69) is 21.2 Å². The van der Waals surface area contributed by atoms with Crippen LogP contribution in [-0.4, -0.2) is 7.11 Å². The molecular formula is C15H13BrCl3NO. The summed E-state index contributed by atoms with van der Waals surface area (Å²) in [5, 5.41) is 4.80. The Kier molecular flexibility index (Phi) is 5.67. The first-order valence-corrected chi connectivity index (χ1v) is 8.09. The molecule has 2 rings (SSSR count). The second-order valence-corrected chi connectivity index (χ2v) is 6.61. The van der Waals surface area contributed by atoms with E-state index >= 15 is 0 Å². The third-order valence-corrected chi connectivity index (χ3v) is 4.48. The Morgan fingerprint density at radius 1 is 1.10 bits per heavy atom. The number of hydrogen-bond acceptors (Lipinski definition) is 2. The topological polar surface area (TPSA) is 21.3 Å². The maximum atomic E-state index is 6.18. The standard InChI is InChI=1S/C15H13BrCl3NO/c1-8(9-3-4-14(21-2)11(16)5-9)20-15-12(18)6-10(17)7-13(15)19/h3-8,20H,1-2H3. The highest BCUT2D eigenvalue weighted by molar-refractivity contribution is 9.10. The fraction of sp³-hybridized carbons (Fsp3) is 0.200. The summed E-state index contributed by atoms with van der Waals surface area (Å²) in [6.07, 6.45) is 0. The molecule has 2 aromatic rings. The Morgan fingerprint density at radius 2 is 1.71 bits per heavy atom. The summed E-state index contributed by atoms with van der Waals surface area (Å²) >= 11 is 21.8. The van der Waals surface area contributed by atoms with Crippen molar-refractivity contribution in [1.29, 1.82) is 0 Å². The van der Waals surface area contributed by atoms with Crippen LogP contribution >= 0.6 is 50.7 Å². The van der Waals surface area contributed by atoms with Gasteiger partial charge in [0.15, 0.2) is 0 Å². The Bertz CT molecular complexity index is 640. The summed E-state index contributed by atoms with van der Waals surface area (Å²) in [5.41, 5.74) is 1.74. The van der Waals surface area contributed by atoms with Crippen molar-refractivity contribution >= 4 is 56.4 Å². The average Bonchev–Trinajstić information content (AvgIpc) is 2.42. The Labute approximate surface area is 147 Å². The lowest BCUT2D eigenvalue weighted by Gasteiger charge is -2.19. The highest BCUT2D eigenvalue weighted by Crippen LogP contribution is 2.36. The molecule has 1 N–H and O–H groups in total. The minimum atomic E-state index is 0.0170. The molecule has 21 heavy (non-hydrogen) atoms. The van der Waals surface area contributed by atoms with Gasteiger partial charge < -0.3 is 10.1 Å². The van der Waals surface area contributed by atoms with Crippen molar-refractivity contribution in [3.63, 3.8) is 0 Å². The van der Waals surface area contributed by atoms with Crippen LogP contribution in [0, 0.1) is 0 Å². The van der Waals surface area contributed by atoms with Gasteiger partial charge in [0.1, 0.15) is 5.75 Å². The number of halogens is 4. The van der Waals surface area contributed by atoms with E-state index in [9.17, 15) is 0 Å². The molecule has 0 aliphatic heterocycles. The number of benzene rings is 2. The smallest absolute Gasteiger partial charge is 0.133 e. The van der Waals surface area contributed by atoms with Gasteiger partial charge in [-0.05, 0) is 52.7 Å². The van der Waals surface area contributed by atoms with Gasteiger partial charge >= 0.3 is 0 Å². The largest absolute Gasteiger partial charge is 0.496 e. The molecule has 6 heteroatoms. The number of nitrogens with one attached hydrogen (secondary N) is 1. The lowest BCUT2D eigenvalue weighted by Crippen LogP contribution is -2.07. The van der Waals surface area contributed by atoms with E-state index in [4.69, 9.17) is 39.5 Å². The SMILES string of the molecule is COc1ccc(C(C)Nc2c(Cl)cc(Cl)cc2Cl)cc1Br. The maximum absolute atomic E-state index is 6.18. The van der Waals surface area contributed by atoms with Crippen molar-refractivity contribution in [3.05, 3.63) is 55.4 Å². The maximum Gasteiger partial charge on any atom is 0.133 e. The molecule has 2 nitrogen and oxygen atoms in total. The zero-order chi connectivity index (χ0) is 15.6. The van der Waals surface area contributed by atoms with E-state index in [1.165, 1.54) is 0 Å². The Hall–Kier alpha value is -0.610. The first-order valence-electron chi connectivity index (χ1n) is 6.17. The first-order chi connectivity index (χ1) is 9.92. The molecule has 0 aliphatic carbocycles. The van der Waals surface area contributed by atoms with Crippen molar-refractivity contribution in [1.82, 2.24) is 0 Å². The molecule has 0 fully saturated rings. The monoisotopic (exact) mass is 407 g/mol. The normalized spacial score (nSPS) is 12.1. The van der Waals surface area contributed by atoms with E-state index in [1.807, 2.05) is 25.1 Å². The molecule has 0 bridgehead atoms. The minimum Gasteiger partial charge on any atom is -0.496 e. The summed E-state index contributed by atoms with van der Waals surface area (Å²) in [5.74, 6) is 0.786. The van der Waals surface area contributed by atoms with Crippen LogP contribution in [0.3, 0.4) is 0 Å². The van der Waals surface area contributed by atoms with E-state index in [0.717, 1.165) is 15.8 Å². The Balaban J connectivity index is 2.26. The molecule has 0 radical (unpaired) electrons. The highest BCUT2D eigenvalue weighted by atomic mass is 79.9. The molecule has 0 spiro atoms. The van der Waals surface area contributed by atoms with E-state index in [-0.39, 0.29) is 6.04 Å². The zero-order valence-electron chi connectivity index (χ0n) is 11.4. The van der Waals surface area contributed by atoms with Crippen LogP contribution in [0.4, 0.5) is 5.69 Å². The molecule has 0 aliphatic rings. The molecule has 0 heterocycles. The van der Waals surface area contributed by atoms with Crippen LogP contribution < -0.4 is 10.1 Å². The van der Waals surface area contributed by atoms with Crippen molar-refractivity contribution in [2.24, 2.45) is 0 Å². The van der Waals surface area contributed by atoms with Gasteiger partial charge in [-0.1, -0.05) is 40.9 Å². The van der Waals surface area contributed by atoms with Crippen LogP contribution in [0.1, 0.15) is 18.5 Å². The molecule has 0 aromatic heterocycles. The van der Waals surface area contributed by atoms with Crippen molar-refractivity contribution in [3.8, 4) is 5.75 Å². The fourth-order valence-electron chi connectivity index (χ4n) is 1.93.